The fraction of sp³-hybridized carbons (Fsp3) is 0.368. The molecule has 1 atom stereocenters. The number of benzene rings is 1. The van der Waals surface area contributed by atoms with Gasteiger partial charge in [0.2, 0.25) is 0 Å². The zero-order chi connectivity index (χ0) is 19.6. The molecule has 1 aromatic carbocycles. The van der Waals surface area contributed by atoms with Crippen LogP contribution in [0.15, 0.2) is 24.3 Å². The monoisotopic (exact) mass is 387 g/mol. The predicted molar refractivity (Wildman–Crippen MR) is 104 cm³/mol. The summed E-state index contributed by atoms with van der Waals surface area (Å²) in [5.74, 6) is -0.470. The van der Waals surface area contributed by atoms with Gasteiger partial charge in [-0.25, -0.2) is 0 Å². The van der Waals surface area contributed by atoms with Gasteiger partial charge in [0.1, 0.15) is 5.00 Å². The van der Waals surface area contributed by atoms with Crippen molar-refractivity contribution in [3.63, 3.8) is 0 Å². The van der Waals surface area contributed by atoms with E-state index in [1.807, 2.05) is 0 Å². The van der Waals surface area contributed by atoms with E-state index in [2.05, 4.69) is 12.2 Å². The second-order valence-electron chi connectivity index (χ2n) is 6.73. The number of anilines is 1. The number of hydrogen-bond donors (Lipinski definition) is 2. The van der Waals surface area contributed by atoms with Gasteiger partial charge in [0.25, 0.3) is 17.5 Å². The molecule has 0 fully saturated rings. The van der Waals surface area contributed by atoms with E-state index in [1.54, 1.807) is 0 Å². The molecule has 3 rings (SSSR count). The summed E-state index contributed by atoms with van der Waals surface area (Å²) in [5, 5.41) is 14.1. The van der Waals surface area contributed by atoms with Gasteiger partial charge in [-0.05, 0) is 36.8 Å². The third-order valence-electron chi connectivity index (χ3n) is 4.86. The topological polar surface area (TPSA) is 115 Å². The van der Waals surface area contributed by atoms with Crippen molar-refractivity contribution in [3.05, 3.63) is 55.9 Å². The Morgan fingerprint density at radius 3 is 2.85 bits per heavy atom. The van der Waals surface area contributed by atoms with Crippen molar-refractivity contribution in [1.82, 2.24) is 0 Å². The number of carbonyl (C=O) groups is 2. The molecule has 1 heterocycles. The van der Waals surface area contributed by atoms with Crippen molar-refractivity contribution in [2.24, 2.45) is 11.7 Å². The first-order chi connectivity index (χ1) is 12.9. The molecule has 1 aliphatic rings. The van der Waals surface area contributed by atoms with Crippen LogP contribution >= 0.6 is 11.3 Å². The minimum Gasteiger partial charge on any atom is -0.365 e. The maximum absolute atomic E-state index is 12.6. The number of nitro groups is 1. The van der Waals surface area contributed by atoms with Gasteiger partial charge in [-0.1, -0.05) is 25.8 Å². The minimum atomic E-state index is -0.559. The molecule has 0 bridgehead atoms. The third-order valence-corrected chi connectivity index (χ3v) is 6.03. The lowest BCUT2D eigenvalue weighted by molar-refractivity contribution is -0.384. The first-order valence-corrected chi connectivity index (χ1v) is 9.72. The summed E-state index contributed by atoms with van der Waals surface area (Å²) in [5.41, 5.74) is 6.90. The van der Waals surface area contributed by atoms with Gasteiger partial charge in [-0.3, -0.25) is 19.7 Å². The van der Waals surface area contributed by atoms with Crippen molar-refractivity contribution in [3.8, 4) is 0 Å². The molecule has 2 aromatic rings. The molecular weight excluding hydrogens is 366 g/mol. The van der Waals surface area contributed by atoms with Crippen LogP contribution in [0.5, 0.6) is 0 Å². The molecule has 0 saturated heterocycles. The average molecular weight is 387 g/mol. The van der Waals surface area contributed by atoms with Crippen LogP contribution in [0, 0.1) is 16.0 Å². The van der Waals surface area contributed by atoms with Crippen molar-refractivity contribution in [2.45, 2.75) is 39.0 Å². The second kappa shape index (κ2) is 7.87. The third kappa shape index (κ3) is 4.00. The number of nitro benzene ring substituents is 1. The lowest BCUT2D eigenvalue weighted by Gasteiger charge is -2.21. The number of nitrogens with zero attached hydrogens (tertiary/aromatic N) is 1. The van der Waals surface area contributed by atoms with Crippen LogP contribution in [0.4, 0.5) is 10.7 Å². The highest BCUT2D eigenvalue weighted by Gasteiger charge is 2.28. The molecule has 1 aliphatic carbocycles. The largest absolute Gasteiger partial charge is 0.365 e. The van der Waals surface area contributed by atoms with Crippen molar-refractivity contribution < 1.29 is 14.5 Å². The lowest BCUT2D eigenvalue weighted by atomic mass is 9.84. The highest BCUT2D eigenvalue weighted by atomic mass is 32.1. The van der Waals surface area contributed by atoms with Gasteiger partial charge in [-0.2, -0.15) is 0 Å². The number of hydrogen-bond acceptors (Lipinski definition) is 5. The van der Waals surface area contributed by atoms with E-state index in [0.717, 1.165) is 42.5 Å². The van der Waals surface area contributed by atoms with E-state index in [4.69, 9.17) is 5.73 Å². The number of rotatable bonds is 6. The fourth-order valence-electron chi connectivity index (χ4n) is 3.59. The Morgan fingerprint density at radius 1 is 1.41 bits per heavy atom. The zero-order valence-electron chi connectivity index (χ0n) is 15.0. The SMILES string of the molecule is CCC[C@@H]1CCc2c(sc(NC(=O)c3cccc([N+](=O)[O-])c3)c2C(N)=O)C1. The van der Waals surface area contributed by atoms with Gasteiger partial charge in [0, 0.05) is 22.6 Å². The molecule has 3 N–H and O–H groups in total. The van der Waals surface area contributed by atoms with Gasteiger partial charge in [-0.15, -0.1) is 11.3 Å². The summed E-state index contributed by atoms with van der Waals surface area (Å²) in [6.07, 6.45) is 4.93. The van der Waals surface area contributed by atoms with Crippen LogP contribution in [0.25, 0.3) is 0 Å². The van der Waals surface area contributed by atoms with E-state index in [-0.39, 0.29) is 11.3 Å². The summed E-state index contributed by atoms with van der Waals surface area (Å²) in [4.78, 5) is 36.0. The van der Waals surface area contributed by atoms with E-state index in [0.29, 0.717) is 16.5 Å². The van der Waals surface area contributed by atoms with Crippen LogP contribution < -0.4 is 11.1 Å². The number of nitrogens with two attached hydrogens (primary N) is 1. The van der Waals surface area contributed by atoms with Gasteiger partial charge in [0.15, 0.2) is 0 Å². The van der Waals surface area contributed by atoms with E-state index < -0.39 is 16.7 Å². The number of primary amides is 1. The molecule has 0 unspecified atom stereocenters. The molecule has 0 saturated carbocycles. The molecule has 1 aromatic heterocycles. The fourth-order valence-corrected chi connectivity index (χ4v) is 4.96. The molecule has 7 nitrogen and oxygen atoms in total. The number of carbonyl (C=O) groups excluding carboxylic acids is 2. The van der Waals surface area contributed by atoms with Crippen LogP contribution in [-0.2, 0) is 12.8 Å². The number of non-ortho nitro benzene ring substituents is 1. The first kappa shape index (κ1) is 19.0. The van der Waals surface area contributed by atoms with Crippen molar-refractivity contribution in [1.29, 1.82) is 0 Å². The lowest BCUT2D eigenvalue weighted by Crippen LogP contribution is -2.20. The molecular formula is C19H21N3O4S. The van der Waals surface area contributed by atoms with Crippen molar-refractivity contribution in [2.75, 3.05) is 5.32 Å². The maximum atomic E-state index is 12.6. The minimum absolute atomic E-state index is 0.161. The smallest absolute Gasteiger partial charge is 0.270 e. The number of fused-ring (bicyclic) bond motifs is 1. The van der Waals surface area contributed by atoms with Gasteiger partial charge < -0.3 is 11.1 Å². The quantitative estimate of drug-likeness (QED) is 0.577. The Kier molecular flexibility index (Phi) is 5.55. The molecule has 0 spiro atoms. The highest BCUT2D eigenvalue weighted by Crippen LogP contribution is 2.40. The highest BCUT2D eigenvalue weighted by molar-refractivity contribution is 7.17. The normalized spacial score (nSPS) is 15.8. The van der Waals surface area contributed by atoms with Gasteiger partial charge >= 0.3 is 0 Å². The maximum Gasteiger partial charge on any atom is 0.270 e. The predicted octanol–water partition coefficient (Wildman–Crippen LogP) is 3.91. The summed E-state index contributed by atoms with van der Waals surface area (Å²) in [7, 11) is 0. The zero-order valence-corrected chi connectivity index (χ0v) is 15.8. The number of amides is 2. The summed E-state index contributed by atoms with van der Waals surface area (Å²) in [6, 6.07) is 5.49. The molecule has 8 heteroatoms. The molecule has 2 amide bonds. The van der Waals surface area contributed by atoms with E-state index in [1.165, 1.54) is 35.6 Å². The second-order valence-corrected chi connectivity index (χ2v) is 7.84. The van der Waals surface area contributed by atoms with E-state index >= 15 is 0 Å². The Balaban J connectivity index is 1.89. The Hall–Kier alpha value is -2.74. The Morgan fingerprint density at radius 2 is 2.19 bits per heavy atom. The summed E-state index contributed by atoms with van der Waals surface area (Å²) < 4.78 is 0. The van der Waals surface area contributed by atoms with Crippen LogP contribution in [0.2, 0.25) is 0 Å². The molecule has 27 heavy (non-hydrogen) atoms. The molecule has 0 radical (unpaired) electrons. The van der Waals surface area contributed by atoms with Crippen LogP contribution in [0.1, 0.15) is 57.3 Å². The van der Waals surface area contributed by atoms with E-state index in [9.17, 15) is 19.7 Å². The number of nitrogens with one attached hydrogen (secondary N) is 1. The van der Waals surface area contributed by atoms with Crippen LogP contribution in [-0.4, -0.2) is 16.7 Å². The van der Waals surface area contributed by atoms with Crippen LogP contribution in [0.3, 0.4) is 0 Å². The Labute approximate surface area is 160 Å². The molecule has 142 valence electrons. The number of thiophene rings is 1. The molecule has 0 aliphatic heterocycles. The summed E-state index contributed by atoms with van der Waals surface area (Å²) in [6.45, 7) is 2.16. The Bertz CT molecular complexity index is 906. The standard InChI is InChI=1S/C19H21N3O4S/c1-2-4-11-7-8-14-15(9-11)27-19(16(14)17(20)23)21-18(24)12-5-3-6-13(10-12)22(25)26/h3,5-6,10-11H,2,4,7-9H2,1H3,(H2,20,23)(H,21,24)/t11-/m1/s1. The van der Waals surface area contributed by atoms with Gasteiger partial charge in [0.05, 0.1) is 10.5 Å². The average Bonchev–Trinajstić information content (AvgIpc) is 2.99. The van der Waals surface area contributed by atoms with Crippen molar-refractivity contribution >= 4 is 33.8 Å². The summed E-state index contributed by atoms with van der Waals surface area (Å²) >= 11 is 1.39. The first-order valence-electron chi connectivity index (χ1n) is 8.90.